The van der Waals surface area contributed by atoms with Crippen molar-refractivity contribution >= 4 is 23.4 Å². The number of nitrogens with zero attached hydrogens (tertiary/aromatic N) is 2. The van der Waals surface area contributed by atoms with Gasteiger partial charge in [0, 0.05) is 23.5 Å². The topological polar surface area (TPSA) is 56.1 Å². The van der Waals surface area contributed by atoms with Crippen molar-refractivity contribution in [2.45, 2.75) is 66.3 Å². The summed E-state index contributed by atoms with van der Waals surface area (Å²) in [5.41, 5.74) is 7.71. The van der Waals surface area contributed by atoms with E-state index in [-0.39, 0.29) is 17.0 Å². The third-order valence-electron chi connectivity index (χ3n) is 6.52. The van der Waals surface area contributed by atoms with Gasteiger partial charge in [-0.3, -0.25) is 4.79 Å². The number of hydrogen-bond donors (Lipinski definition) is 1. The number of amides is 1. The monoisotopic (exact) mass is 415 g/mol. The van der Waals surface area contributed by atoms with E-state index < -0.39 is 0 Å². The third-order valence-corrected chi connectivity index (χ3v) is 6.52. The first kappa shape index (κ1) is 22.6. The maximum absolute atomic E-state index is 12.8. The van der Waals surface area contributed by atoms with Crippen molar-refractivity contribution in [1.29, 1.82) is 5.26 Å². The van der Waals surface area contributed by atoms with E-state index in [9.17, 15) is 10.1 Å². The highest BCUT2D eigenvalue weighted by molar-refractivity contribution is 6.09. The van der Waals surface area contributed by atoms with E-state index in [0.29, 0.717) is 11.6 Å². The molecule has 2 aromatic carbocycles. The van der Waals surface area contributed by atoms with Crippen molar-refractivity contribution in [3.8, 4) is 6.07 Å². The summed E-state index contributed by atoms with van der Waals surface area (Å²) in [5, 5.41) is 12.5. The molecule has 0 aliphatic carbocycles. The fourth-order valence-electron chi connectivity index (χ4n) is 4.73. The average molecular weight is 416 g/mol. The number of benzene rings is 2. The first-order valence-corrected chi connectivity index (χ1v) is 11.0. The smallest absolute Gasteiger partial charge is 0.266 e. The molecule has 2 aromatic rings. The SMILES string of the molecule is CCN1c2cc(C)c(/C=C(/C#N)C(=O)Nc3ccc(C)c(C)c3)cc2C(C)CC1(C)C. The van der Waals surface area contributed by atoms with E-state index in [1.165, 1.54) is 11.3 Å². The van der Waals surface area contributed by atoms with Crippen LogP contribution in [-0.2, 0) is 4.79 Å². The summed E-state index contributed by atoms with van der Waals surface area (Å²) in [4.78, 5) is 15.2. The van der Waals surface area contributed by atoms with Crippen molar-refractivity contribution in [2.24, 2.45) is 0 Å². The molecular weight excluding hydrogens is 382 g/mol. The van der Waals surface area contributed by atoms with Crippen molar-refractivity contribution in [3.05, 3.63) is 63.7 Å². The van der Waals surface area contributed by atoms with Gasteiger partial charge < -0.3 is 10.2 Å². The predicted octanol–water partition coefficient (Wildman–Crippen LogP) is 6.27. The molecule has 4 nitrogen and oxygen atoms in total. The van der Waals surface area contributed by atoms with Crippen LogP contribution in [0.4, 0.5) is 11.4 Å². The van der Waals surface area contributed by atoms with E-state index in [4.69, 9.17) is 0 Å². The number of aryl methyl sites for hydroxylation is 3. The van der Waals surface area contributed by atoms with Crippen molar-refractivity contribution in [2.75, 3.05) is 16.8 Å². The van der Waals surface area contributed by atoms with Gasteiger partial charge in [0.05, 0.1) is 0 Å². The molecule has 3 rings (SSSR count). The molecule has 0 spiro atoms. The van der Waals surface area contributed by atoms with Crippen LogP contribution in [0.5, 0.6) is 0 Å². The number of rotatable bonds is 4. The zero-order valence-electron chi connectivity index (χ0n) is 19.8. The van der Waals surface area contributed by atoms with Gasteiger partial charge in [-0.25, -0.2) is 0 Å². The van der Waals surface area contributed by atoms with Gasteiger partial charge >= 0.3 is 0 Å². The van der Waals surface area contributed by atoms with Gasteiger partial charge in [-0.15, -0.1) is 0 Å². The number of carbonyl (C=O) groups is 1. The molecule has 1 amide bonds. The van der Waals surface area contributed by atoms with Gasteiger partial charge in [-0.2, -0.15) is 5.26 Å². The van der Waals surface area contributed by atoms with Crippen LogP contribution in [0.15, 0.2) is 35.9 Å². The molecule has 1 N–H and O–H groups in total. The minimum absolute atomic E-state index is 0.106. The lowest BCUT2D eigenvalue weighted by Crippen LogP contribution is -2.48. The summed E-state index contributed by atoms with van der Waals surface area (Å²) in [6.07, 6.45) is 2.78. The molecule has 0 saturated heterocycles. The van der Waals surface area contributed by atoms with E-state index >= 15 is 0 Å². The molecule has 162 valence electrons. The fraction of sp³-hybridized carbons (Fsp3) is 0.407. The molecule has 1 heterocycles. The molecule has 0 radical (unpaired) electrons. The van der Waals surface area contributed by atoms with Crippen LogP contribution in [0.2, 0.25) is 0 Å². The molecular formula is C27H33N3O. The molecule has 0 fully saturated rings. The lowest BCUT2D eigenvalue weighted by Gasteiger charge is -2.47. The number of fused-ring (bicyclic) bond motifs is 1. The van der Waals surface area contributed by atoms with Gasteiger partial charge in [-0.1, -0.05) is 13.0 Å². The summed E-state index contributed by atoms with van der Waals surface area (Å²) in [5.74, 6) is 0.0303. The number of anilines is 2. The van der Waals surface area contributed by atoms with Gasteiger partial charge in [0.15, 0.2) is 0 Å². The summed E-state index contributed by atoms with van der Waals surface area (Å²) in [6, 6.07) is 12.2. The van der Waals surface area contributed by atoms with E-state index in [1.54, 1.807) is 6.08 Å². The van der Waals surface area contributed by atoms with E-state index in [1.807, 2.05) is 39.0 Å². The Hall–Kier alpha value is -3.06. The number of nitriles is 1. The molecule has 0 aromatic heterocycles. The highest BCUT2D eigenvalue weighted by Crippen LogP contribution is 2.44. The van der Waals surface area contributed by atoms with Crippen molar-refractivity contribution in [3.63, 3.8) is 0 Å². The van der Waals surface area contributed by atoms with Crippen LogP contribution in [0.1, 0.15) is 67.9 Å². The first-order valence-electron chi connectivity index (χ1n) is 11.0. The van der Waals surface area contributed by atoms with Gasteiger partial charge in [0.2, 0.25) is 0 Å². The van der Waals surface area contributed by atoms with Gasteiger partial charge in [0.1, 0.15) is 11.6 Å². The maximum Gasteiger partial charge on any atom is 0.266 e. The summed E-state index contributed by atoms with van der Waals surface area (Å²) < 4.78 is 0. The molecule has 1 aliphatic heterocycles. The largest absolute Gasteiger partial charge is 0.366 e. The van der Waals surface area contributed by atoms with Crippen molar-refractivity contribution < 1.29 is 4.79 Å². The van der Waals surface area contributed by atoms with Crippen molar-refractivity contribution in [1.82, 2.24) is 0 Å². The Morgan fingerprint density at radius 2 is 1.90 bits per heavy atom. The van der Waals surface area contributed by atoms with Crippen LogP contribution in [0.3, 0.4) is 0 Å². The normalized spacial score (nSPS) is 17.7. The maximum atomic E-state index is 12.8. The molecule has 1 unspecified atom stereocenters. The van der Waals surface area contributed by atoms with Crippen LogP contribution < -0.4 is 10.2 Å². The Morgan fingerprint density at radius 3 is 2.52 bits per heavy atom. The second kappa shape index (κ2) is 8.59. The van der Waals surface area contributed by atoms with E-state index in [2.05, 4.69) is 56.1 Å². The quantitative estimate of drug-likeness (QED) is 0.473. The highest BCUT2D eigenvalue weighted by Gasteiger charge is 2.35. The average Bonchev–Trinajstić information content (AvgIpc) is 2.69. The number of nitrogens with one attached hydrogen (secondary N) is 1. The molecule has 4 heteroatoms. The zero-order chi connectivity index (χ0) is 22.9. The van der Waals surface area contributed by atoms with Crippen LogP contribution in [0.25, 0.3) is 6.08 Å². The van der Waals surface area contributed by atoms with Gasteiger partial charge in [0.25, 0.3) is 5.91 Å². The van der Waals surface area contributed by atoms with Gasteiger partial charge in [-0.05, 0) is 112 Å². The molecule has 1 atom stereocenters. The lowest BCUT2D eigenvalue weighted by molar-refractivity contribution is -0.112. The Kier molecular flexibility index (Phi) is 6.27. The summed E-state index contributed by atoms with van der Waals surface area (Å²) in [7, 11) is 0. The van der Waals surface area contributed by atoms with E-state index in [0.717, 1.165) is 35.2 Å². The standard InChI is InChI=1S/C27H33N3O/c1-8-30-25-12-19(4)21(14-24(25)20(5)15-27(30,6)7)13-22(16-28)26(31)29-23-10-9-17(2)18(3)11-23/h9-14,20H,8,15H2,1-7H3,(H,29,31)/b22-13-. The van der Waals surface area contributed by atoms with Crippen LogP contribution >= 0.6 is 0 Å². The Labute approximate surface area is 186 Å². The fourth-order valence-corrected chi connectivity index (χ4v) is 4.73. The Bertz CT molecular complexity index is 1090. The lowest BCUT2D eigenvalue weighted by atomic mass is 9.79. The second-order valence-electron chi connectivity index (χ2n) is 9.35. The van der Waals surface area contributed by atoms with Crippen LogP contribution in [-0.4, -0.2) is 18.0 Å². The number of hydrogen-bond acceptors (Lipinski definition) is 3. The predicted molar refractivity (Wildman–Crippen MR) is 129 cm³/mol. The molecule has 31 heavy (non-hydrogen) atoms. The molecule has 1 aliphatic rings. The first-order chi connectivity index (χ1) is 14.6. The third kappa shape index (κ3) is 4.51. The highest BCUT2D eigenvalue weighted by atomic mass is 16.1. The Morgan fingerprint density at radius 1 is 1.19 bits per heavy atom. The number of carbonyl (C=O) groups excluding carboxylic acids is 1. The van der Waals surface area contributed by atoms with Crippen LogP contribution in [0, 0.1) is 32.1 Å². The minimum atomic E-state index is -0.382. The Balaban J connectivity index is 1.96. The summed E-state index contributed by atoms with van der Waals surface area (Å²) in [6.45, 7) is 16.1. The zero-order valence-corrected chi connectivity index (χ0v) is 19.8. The molecule has 0 bridgehead atoms. The second-order valence-corrected chi connectivity index (χ2v) is 9.35. The summed E-state index contributed by atoms with van der Waals surface area (Å²) >= 11 is 0. The minimum Gasteiger partial charge on any atom is -0.366 e. The molecule has 0 saturated carbocycles.